The molecule has 1 N–H and O–H groups in total. The minimum atomic E-state index is -0.757. The molecule has 0 unspecified atom stereocenters. The number of methoxy groups -OCH3 is 1. The van der Waals surface area contributed by atoms with Gasteiger partial charge in [-0.2, -0.15) is 0 Å². The number of hydrogen-bond donors (Lipinski definition) is 1. The Morgan fingerprint density at radius 3 is 2.69 bits per heavy atom. The fraction of sp³-hybridized carbons (Fsp3) is 0.419. The number of fused-ring (bicyclic) bond motifs is 2. The van der Waals surface area contributed by atoms with E-state index in [2.05, 4.69) is 16.4 Å². The van der Waals surface area contributed by atoms with E-state index in [0.29, 0.717) is 17.8 Å². The summed E-state index contributed by atoms with van der Waals surface area (Å²) in [6.07, 6.45) is 6.45. The van der Waals surface area contributed by atoms with Crippen LogP contribution in [0.25, 0.3) is 5.57 Å². The summed E-state index contributed by atoms with van der Waals surface area (Å²) in [5.74, 6) is -0.953. The van der Waals surface area contributed by atoms with Crippen LogP contribution in [0.4, 0.5) is 8.78 Å². The van der Waals surface area contributed by atoms with Crippen LogP contribution < -0.4 is 19.5 Å². The Morgan fingerprint density at radius 2 is 1.90 bits per heavy atom. The highest BCUT2D eigenvalue weighted by atomic mass is 35.5. The lowest BCUT2D eigenvalue weighted by molar-refractivity contribution is -0.128. The molecule has 222 valence electrons. The van der Waals surface area contributed by atoms with Crippen LogP contribution in [-0.4, -0.2) is 54.2 Å². The van der Waals surface area contributed by atoms with Gasteiger partial charge in [-0.05, 0) is 73.9 Å². The van der Waals surface area contributed by atoms with Gasteiger partial charge in [0.25, 0.3) is 11.1 Å². The summed E-state index contributed by atoms with van der Waals surface area (Å²) >= 11 is 7.20. The number of hydrogen-bond acceptors (Lipinski definition) is 7. The molecule has 0 spiro atoms. The van der Waals surface area contributed by atoms with Gasteiger partial charge in [0, 0.05) is 36.4 Å². The monoisotopic (exact) mass is 615 g/mol. The van der Waals surface area contributed by atoms with Gasteiger partial charge in [0.2, 0.25) is 0 Å². The Kier molecular flexibility index (Phi) is 8.38. The fourth-order valence-corrected chi connectivity index (χ4v) is 6.87. The second kappa shape index (κ2) is 12.2. The van der Waals surface area contributed by atoms with E-state index < -0.39 is 16.7 Å². The van der Waals surface area contributed by atoms with Crippen molar-refractivity contribution < 1.29 is 27.8 Å². The zero-order valence-corrected chi connectivity index (χ0v) is 25.0. The summed E-state index contributed by atoms with van der Waals surface area (Å²) in [7, 11) is 1.66. The molecule has 2 atom stereocenters. The smallest absolute Gasteiger partial charge is 0.273 e. The molecule has 3 aromatic rings. The lowest BCUT2D eigenvalue weighted by Crippen LogP contribution is -2.44. The number of aromatic nitrogens is 1. The van der Waals surface area contributed by atoms with Gasteiger partial charge < -0.3 is 24.4 Å². The Balaban J connectivity index is 1.20. The SMILES string of the molecule is COc1cccc(CN(C(=O)C2=C(c3cnc(OCCOc4c(F)ccc(F)c4Cl)s3)C[C@@H]3CC[C@H]2N3)C2CC2)c1C. The second-order valence-electron chi connectivity index (χ2n) is 10.9. The van der Waals surface area contributed by atoms with Crippen molar-refractivity contribution in [2.75, 3.05) is 20.3 Å². The van der Waals surface area contributed by atoms with Crippen LogP contribution in [0.3, 0.4) is 0 Å². The van der Waals surface area contributed by atoms with Gasteiger partial charge in [-0.25, -0.2) is 13.8 Å². The molecule has 3 heterocycles. The lowest BCUT2D eigenvalue weighted by atomic mass is 9.92. The number of rotatable bonds is 11. The van der Waals surface area contributed by atoms with Gasteiger partial charge in [-0.1, -0.05) is 35.1 Å². The van der Waals surface area contributed by atoms with Crippen LogP contribution in [0.5, 0.6) is 16.7 Å². The molecule has 6 rings (SSSR count). The van der Waals surface area contributed by atoms with Crippen LogP contribution in [0.15, 0.2) is 42.1 Å². The molecule has 0 radical (unpaired) electrons. The molecule has 1 amide bonds. The number of thiazole rings is 1. The molecule has 42 heavy (non-hydrogen) atoms. The topological polar surface area (TPSA) is 72.9 Å². The molecule has 3 aliphatic rings. The van der Waals surface area contributed by atoms with E-state index in [-0.39, 0.29) is 37.0 Å². The highest BCUT2D eigenvalue weighted by molar-refractivity contribution is 7.14. The van der Waals surface area contributed by atoms with Gasteiger partial charge in [-0.15, -0.1) is 0 Å². The van der Waals surface area contributed by atoms with E-state index in [0.717, 1.165) is 77.1 Å². The maximum atomic E-state index is 14.3. The van der Waals surface area contributed by atoms with Crippen molar-refractivity contribution in [3.8, 4) is 16.7 Å². The second-order valence-corrected chi connectivity index (χ2v) is 12.2. The van der Waals surface area contributed by atoms with Gasteiger partial charge in [0.1, 0.15) is 29.8 Å². The van der Waals surface area contributed by atoms with Gasteiger partial charge in [0.15, 0.2) is 11.6 Å². The fourth-order valence-electron chi connectivity index (χ4n) is 5.81. The summed E-state index contributed by atoms with van der Waals surface area (Å²) in [4.78, 5) is 21.7. The largest absolute Gasteiger partial charge is 0.496 e. The van der Waals surface area contributed by atoms with Crippen LogP contribution in [0.1, 0.15) is 48.1 Å². The molecule has 1 aliphatic carbocycles. The summed E-state index contributed by atoms with van der Waals surface area (Å²) in [5.41, 5.74) is 3.98. The third-order valence-corrected chi connectivity index (χ3v) is 9.46. The third-order valence-electron chi connectivity index (χ3n) is 8.14. The predicted molar refractivity (Wildman–Crippen MR) is 157 cm³/mol. The number of nitrogens with one attached hydrogen (secondary N) is 1. The minimum absolute atomic E-state index is 0.00434. The molecule has 1 aromatic heterocycles. The zero-order chi connectivity index (χ0) is 29.4. The highest BCUT2D eigenvalue weighted by Gasteiger charge is 2.42. The van der Waals surface area contributed by atoms with Crippen molar-refractivity contribution in [2.24, 2.45) is 0 Å². The molecule has 1 saturated carbocycles. The summed E-state index contributed by atoms with van der Waals surface area (Å²) in [6.45, 7) is 2.58. The van der Waals surface area contributed by atoms with E-state index in [9.17, 15) is 13.6 Å². The standard InChI is InChI=1S/C31H32ClF2N3O4S/c1-17-18(4-3-5-25(17)39-2)16-37(20-7-8-20)30(38)27-21(14-19-6-11-24(27)36-19)26-15-35-31(42-26)41-13-12-40-29-23(34)10-9-22(33)28(29)32/h3-5,9-10,15,19-20,24,36H,6-8,11-14,16H2,1-2H3/t19-,24+/m0/s1. The highest BCUT2D eigenvalue weighted by Crippen LogP contribution is 2.42. The van der Waals surface area contributed by atoms with Crippen LogP contribution in [0.2, 0.25) is 5.02 Å². The molecule has 11 heteroatoms. The summed E-state index contributed by atoms with van der Waals surface area (Å²) < 4.78 is 44.2. The van der Waals surface area contributed by atoms with Crippen LogP contribution in [0, 0.1) is 18.6 Å². The lowest BCUT2D eigenvalue weighted by Gasteiger charge is -2.32. The molecule has 7 nitrogen and oxygen atoms in total. The Labute approximate surface area is 252 Å². The average Bonchev–Trinajstić information content (AvgIpc) is 3.60. The zero-order valence-electron chi connectivity index (χ0n) is 23.4. The molecular formula is C31H32ClF2N3O4S. The molecule has 2 fully saturated rings. The van der Waals surface area contributed by atoms with E-state index >= 15 is 0 Å². The molecule has 2 bridgehead atoms. The maximum Gasteiger partial charge on any atom is 0.273 e. The van der Waals surface area contributed by atoms with Crippen molar-refractivity contribution in [1.82, 2.24) is 15.2 Å². The Bertz CT molecular complexity index is 1530. The van der Waals surface area contributed by atoms with E-state index in [1.54, 1.807) is 13.3 Å². The number of carbonyl (C=O) groups excluding carboxylic acids is 1. The van der Waals surface area contributed by atoms with Crippen molar-refractivity contribution in [3.05, 3.63) is 74.8 Å². The van der Waals surface area contributed by atoms with Crippen molar-refractivity contribution in [2.45, 2.75) is 63.7 Å². The first-order chi connectivity index (χ1) is 20.3. The van der Waals surface area contributed by atoms with Gasteiger partial charge in [-0.3, -0.25) is 4.79 Å². The molecular weight excluding hydrogens is 584 g/mol. The number of carbonyl (C=O) groups is 1. The van der Waals surface area contributed by atoms with E-state index in [4.69, 9.17) is 25.8 Å². The van der Waals surface area contributed by atoms with Crippen molar-refractivity contribution in [1.29, 1.82) is 0 Å². The van der Waals surface area contributed by atoms with Gasteiger partial charge in [0.05, 0.1) is 12.0 Å². The Hall–Kier alpha value is -3.21. The number of ether oxygens (including phenoxy) is 3. The number of halogens is 3. The van der Waals surface area contributed by atoms with Crippen LogP contribution in [-0.2, 0) is 11.3 Å². The van der Waals surface area contributed by atoms with Gasteiger partial charge >= 0.3 is 0 Å². The number of nitrogens with zero attached hydrogens (tertiary/aromatic N) is 2. The molecule has 2 aromatic carbocycles. The number of benzene rings is 2. The first kappa shape index (κ1) is 28.9. The Morgan fingerprint density at radius 1 is 1.12 bits per heavy atom. The van der Waals surface area contributed by atoms with E-state index in [1.807, 2.05) is 24.0 Å². The predicted octanol–water partition coefficient (Wildman–Crippen LogP) is 6.32. The van der Waals surface area contributed by atoms with Crippen molar-refractivity contribution in [3.63, 3.8) is 0 Å². The molecule has 2 aliphatic heterocycles. The first-order valence-electron chi connectivity index (χ1n) is 14.1. The maximum absolute atomic E-state index is 14.3. The molecule has 1 saturated heterocycles. The first-order valence-corrected chi connectivity index (χ1v) is 15.3. The van der Waals surface area contributed by atoms with Crippen molar-refractivity contribution >= 4 is 34.4 Å². The van der Waals surface area contributed by atoms with Crippen LogP contribution >= 0.6 is 22.9 Å². The summed E-state index contributed by atoms with van der Waals surface area (Å²) in [6, 6.07) is 8.44. The third kappa shape index (κ3) is 5.85. The quantitative estimate of drug-likeness (QED) is 0.201. The number of amides is 1. The average molecular weight is 616 g/mol. The van der Waals surface area contributed by atoms with E-state index in [1.165, 1.54) is 11.3 Å². The summed E-state index contributed by atoms with van der Waals surface area (Å²) in [5, 5.41) is 3.66. The minimum Gasteiger partial charge on any atom is -0.496 e. The normalized spacial score (nSPS) is 19.6.